The summed E-state index contributed by atoms with van der Waals surface area (Å²) in [6.45, 7) is 1.77. The van der Waals surface area contributed by atoms with Crippen LogP contribution in [0.15, 0.2) is 33.2 Å². The van der Waals surface area contributed by atoms with Gasteiger partial charge in [0.05, 0.1) is 0 Å². The summed E-state index contributed by atoms with van der Waals surface area (Å²) in [7, 11) is 0. The molecule has 2 nitrogen and oxygen atoms in total. The van der Waals surface area contributed by atoms with Gasteiger partial charge in [0, 0.05) is 15.0 Å². The number of hydrogen-bond donors (Lipinski definition) is 1. The molecular formula is C10H8Br2O2. The van der Waals surface area contributed by atoms with Crippen LogP contribution < -0.4 is 0 Å². The van der Waals surface area contributed by atoms with E-state index < -0.39 is 5.97 Å². The fourth-order valence-electron chi connectivity index (χ4n) is 1.01. The van der Waals surface area contributed by atoms with E-state index in [4.69, 9.17) is 5.11 Å². The van der Waals surface area contributed by atoms with Crippen LogP contribution in [0.2, 0.25) is 0 Å². The molecule has 0 saturated carbocycles. The van der Waals surface area contributed by atoms with Crippen LogP contribution in [0, 0.1) is 0 Å². The lowest BCUT2D eigenvalue weighted by molar-refractivity contribution is -0.131. The second kappa shape index (κ2) is 4.75. The molecule has 0 fully saturated rings. The maximum absolute atomic E-state index is 10.4. The molecule has 0 unspecified atom stereocenters. The predicted molar refractivity (Wildman–Crippen MR) is 63.1 cm³/mol. The molecule has 0 spiro atoms. The average molecular weight is 320 g/mol. The Balaban J connectivity index is 3.09. The molecule has 1 rings (SSSR count). The fourth-order valence-corrected chi connectivity index (χ4v) is 1.64. The summed E-state index contributed by atoms with van der Waals surface area (Å²) < 4.78 is 1.86. The number of hydrogen-bond acceptors (Lipinski definition) is 1. The molecule has 0 amide bonds. The first-order valence-electron chi connectivity index (χ1n) is 3.87. The number of allylic oxidation sites excluding steroid dienone is 1. The normalized spacial score (nSPS) is 11.5. The molecule has 0 atom stereocenters. The molecule has 1 aromatic rings. The van der Waals surface area contributed by atoms with Crippen LogP contribution in [0.25, 0.3) is 5.57 Å². The lowest BCUT2D eigenvalue weighted by Crippen LogP contribution is -1.90. The van der Waals surface area contributed by atoms with Gasteiger partial charge >= 0.3 is 5.97 Å². The number of carbonyl (C=O) groups is 1. The Morgan fingerprint density at radius 2 is 2.00 bits per heavy atom. The van der Waals surface area contributed by atoms with Gasteiger partial charge in [-0.15, -0.1) is 0 Å². The Morgan fingerprint density at radius 1 is 1.36 bits per heavy atom. The maximum Gasteiger partial charge on any atom is 0.328 e. The molecule has 1 aromatic carbocycles. The first-order chi connectivity index (χ1) is 6.50. The maximum atomic E-state index is 10.4. The van der Waals surface area contributed by atoms with Crippen LogP contribution in [0.5, 0.6) is 0 Å². The minimum atomic E-state index is -0.929. The minimum Gasteiger partial charge on any atom is -0.478 e. The van der Waals surface area contributed by atoms with Crippen LogP contribution >= 0.6 is 31.9 Å². The molecule has 0 bridgehead atoms. The molecule has 0 aromatic heterocycles. The summed E-state index contributed by atoms with van der Waals surface area (Å²) in [5, 5.41) is 8.57. The number of carboxylic acids is 1. The van der Waals surface area contributed by atoms with Gasteiger partial charge in [-0.1, -0.05) is 6.07 Å². The standard InChI is InChI=1S/C10H8Br2O2/c1-6(4-10(13)14)7-2-3-8(11)9(12)5-7/h2-5H,1H3,(H,13,14). The second-order valence-electron chi connectivity index (χ2n) is 2.79. The largest absolute Gasteiger partial charge is 0.478 e. The summed E-state index contributed by atoms with van der Waals surface area (Å²) in [5.41, 5.74) is 1.62. The van der Waals surface area contributed by atoms with Crippen molar-refractivity contribution in [1.29, 1.82) is 0 Å². The molecule has 4 heteroatoms. The third-order valence-corrected chi connectivity index (χ3v) is 3.59. The van der Waals surface area contributed by atoms with Crippen molar-refractivity contribution in [2.45, 2.75) is 6.92 Å². The van der Waals surface area contributed by atoms with Crippen molar-refractivity contribution >= 4 is 43.4 Å². The number of aliphatic carboxylic acids is 1. The van der Waals surface area contributed by atoms with E-state index in [2.05, 4.69) is 31.9 Å². The number of benzene rings is 1. The molecule has 0 heterocycles. The third-order valence-electron chi connectivity index (χ3n) is 1.71. The lowest BCUT2D eigenvalue weighted by Gasteiger charge is -2.02. The van der Waals surface area contributed by atoms with E-state index in [1.807, 2.05) is 18.2 Å². The van der Waals surface area contributed by atoms with Crippen LogP contribution in [0.4, 0.5) is 0 Å². The number of carboxylic acid groups (broad SMARTS) is 1. The zero-order valence-electron chi connectivity index (χ0n) is 7.42. The Hall–Kier alpha value is -0.610. The van der Waals surface area contributed by atoms with Gasteiger partial charge in [-0.2, -0.15) is 0 Å². The Kier molecular flexibility index (Phi) is 3.89. The molecular weight excluding hydrogens is 312 g/mol. The summed E-state index contributed by atoms with van der Waals surface area (Å²) in [6.07, 6.45) is 1.19. The predicted octanol–water partition coefficient (Wildman–Crippen LogP) is 3.70. The smallest absolute Gasteiger partial charge is 0.328 e. The van der Waals surface area contributed by atoms with Crippen molar-refractivity contribution in [3.8, 4) is 0 Å². The van der Waals surface area contributed by atoms with Gasteiger partial charge in [0.2, 0.25) is 0 Å². The fraction of sp³-hybridized carbons (Fsp3) is 0.100. The van der Waals surface area contributed by atoms with Crippen LogP contribution in [-0.4, -0.2) is 11.1 Å². The molecule has 0 aliphatic carbocycles. The summed E-state index contributed by atoms with van der Waals surface area (Å²) in [4.78, 5) is 10.4. The quantitative estimate of drug-likeness (QED) is 0.844. The number of rotatable bonds is 2. The van der Waals surface area contributed by atoms with Crippen LogP contribution in [-0.2, 0) is 4.79 Å². The van der Waals surface area contributed by atoms with E-state index in [1.54, 1.807) is 6.92 Å². The van der Waals surface area contributed by atoms with Crippen molar-refractivity contribution in [1.82, 2.24) is 0 Å². The number of halogens is 2. The average Bonchev–Trinajstić information content (AvgIpc) is 2.08. The molecule has 0 saturated heterocycles. The molecule has 0 aliphatic heterocycles. The zero-order valence-corrected chi connectivity index (χ0v) is 10.6. The van der Waals surface area contributed by atoms with Crippen molar-refractivity contribution in [2.24, 2.45) is 0 Å². The van der Waals surface area contributed by atoms with E-state index >= 15 is 0 Å². The van der Waals surface area contributed by atoms with Gasteiger partial charge in [-0.3, -0.25) is 0 Å². The van der Waals surface area contributed by atoms with Crippen molar-refractivity contribution in [3.63, 3.8) is 0 Å². The van der Waals surface area contributed by atoms with Crippen LogP contribution in [0.3, 0.4) is 0 Å². The highest BCUT2D eigenvalue weighted by Crippen LogP contribution is 2.26. The van der Waals surface area contributed by atoms with Gasteiger partial charge < -0.3 is 5.11 Å². The highest BCUT2D eigenvalue weighted by Gasteiger charge is 2.01. The van der Waals surface area contributed by atoms with Gasteiger partial charge in [-0.05, 0) is 62.1 Å². The van der Waals surface area contributed by atoms with E-state index in [1.165, 1.54) is 6.08 Å². The first kappa shape index (κ1) is 11.5. The summed E-state index contributed by atoms with van der Waals surface area (Å²) >= 11 is 6.71. The topological polar surface area (TPSA) is 37.3 Å². The van der Waals surface area contributed by atoms with Gasteiger partial charge in [0.15, 0.2) is 0 Å². The molecule has 0 aliphatic rings. The van der Waals surface area contributed by atoms with E-state index in [-0.39, 0.29) is 0 Å². The van der Waals surface area contributed by atoms with E-state index in [0.717, 1.165) is 20.1 Å². The third kappa shape index (κ3) is 2.96. The van der Waals surface area contributed by atoms with Gasteiger partial charge in [0.25, 0.3) is 0 Å². The Labute approximate surface area is 98.9 Å². The molecule has 14 heavy (non-hydrogen) atoms. The van der Waals surface area contributed by atoms with Crippen molar-refractivity contribution in [2.75, 3.05) is 0 Å². The lowest BCUT2D eigenvalue weighted by atomic mass is 10.1. The van der Waals surface area contributed by atoms with Crippen LogP contribution in [0.1, 0.15) is 12.5 Å². The molecule has 0 radical (unpaired) electrons. The van der Waals surface area contributed by atoms with Crippen molar-refractivity contribution in [3.05, 3.63) is 38.8 Å². The zero-order chi connectivity index (χ0) is 10.7. The summed E-state index contributed by atoms with van der Waals surface area (Å²) in [6, 6.07) is 5.61. The Bertz CT molecular complexity index is 397. The van der Waals surface area contributed by atoms with Gasteiger partial charge in [0.1, 0.15) is 0 Å². The Morgan fingerprint density at radius 3 is 2.50 bits per heavy atom. The second-order valence-corrected chi connectivity index (χ2v) is 4.50. The van der Waals surface area contributed by atoms with E-state index in [0.29, 0.717) is 0 Å². The molecule has 1 N–H and O–H groups in total. The van der Waals surface area contributed by atoms with Crippen molar-refractivity contribution < 1.29 is 9.90 Å². The van der Waals surface area contributed by atoms with Gasteiger partial charge in [-0.25, -0.2) is 4.79 Å². The monoisotopic (exact) mass is 318 g/mol. The summed E-state index contributed by atoms with van der Waals surface area (Å²) in [5.74, 6) is -0.929. The molecule has 74 valence electrons. The SMILES string of the molecule is CC(=CC(=O)O)c1ccc(Br)c(Br)c1. The first-order valence-corrected chi connectivity index (χ1v) is 5.46. The highest BCUT2D eigenvalue weighted by molar-refractivity contribution is 9.13. The minimum absolute atomic E-state index is 0.728. The van der Waals surface area contributed by atoms with E-state index in [9.17, 15) is 4.79 Å². The highest BCUT2D eigenvalue weighted by atomic mass is 79.9.